The number of hydrogen-bond donors (Lipinski definition) is 1. The van der Waals surface area contributed by atoms with Crippen molar-refractivity contribution in [3.05, 3.63) is 55.9 Å². The Morgan fingerprint density at radius 2 is 2.29 bits per heavy atom. The molecule has 0 saturated carbocycles. The Labute approximate surface area is 131 Å². The molecule has 0 atom stereocenters. The minimum absolute atomic E-state index is 0.0767. The van der Waals surface area contributed by atoms with E-state index < -0.39 is 0 Å². The molecule has 2 aromatic rings. The average Bonchev–Trinajstić information content (AvgIpc) is 2.50. The van der Waals surface area contributed by atoms with Crippen LogP contribution in [0.3, 0.4) is 0 Å². The molecule has 1 aliphatic rings. The first kappa shape index (κ1) is 14.3. The number of aromatic nitrogens is 2. The van der Waals surface area contributed by atoms with Gasteiger partial charge in [0, 0.05) is 30.0 Å². The Bertz CT molecular complexity index is 727. The zero-order valence-electron chi connectivity index (χ0n) is 11.7. The van der Waals surface area contributed by atoms with Gasteiger partial charge in [-0.2, -0.15) is 5.10 Å². The molecule has 6 heteroatoms. The van der Waals surface area contributed by atoms with Gasteiger partial charge in [0.2, 0.25) is 0 Å². The lowest BCUT2D eigenvalue weighted by atomic mass is 10.1. The van der Waals surface area contributed by atoms with Crippen LogP contribution in [0.5, 0.6) is 5.75 Å². The summed E-state index contributed by atoms with van der Waals surface area (Å²) in [6.45, 7) is 2.06. The largest absolute Gasteiger partial charge is 0.497 e. The first-order valence-electron chi connectivity index (χ1n) is 6.80. The highest BCUT2D eigenvalue weighted by atomic mass is 79.9. The van der Waals surface area contributed by atoms with E-state index >= 15 is 0 Å². The third-order valence-electron chi connectivity index (χ3n) is 3.59. The molecule has 0 amide bonds. The highest BCUT2D eigenvalue weighted by Gasteiger charge is 2.13. The molecule has 1 aliphatic heterocycles. The lowest BCUT2D eigenvalue weighted by Gasteiger charge is -2.17. The van der Waals surface area contributed by atoms with Gasteiger partial charge in [-0.1, -0.05) is 15.9 Å². The van der Waals surface area contributed by atoms with Gasteiger partial charge in [0.15, 0.2) is 0 Å². The van der Waals surface area contributed by atoms with Crippen molar-refractivity contribution in [2.24, 2.45) is 0 Å². The van der Waals surface area contributed by atoms with Crippen molar-refractivity contribution in [1.82, 2.24) is 15.1 Å². The number of halogens is 1. The van der Waals surface area contributed by atoms with Gasteiger partial charge in [-0.3, -0.25) is 4.79 Å². The first-order chi connectivity index (χ1) is 10.2. The van der Waals surface area contributed by atoms with Crippen LogP contribution in [0.1, 0.15) is 16.8 Å². The van der Waals surface area contributed by atoms with Crippen molar-refractivity contribution in [3.63, 3.8) is 0 Å². The van der Waals surface area contributed by atoms with Crippen LogP contribution in [0, 0.1) is 0 Å². The van der Waals surface area contributed by atoms with Gasteiger partial charge in [0.05, 0.1) is 19.3 Å². The maximum absolute atomic E-state index is 12.2. The van der Waals surface area contributed by atoms with Crippen LogP contribution in [0.2, 0.25) is 0 Å². The van der Waals surface area contributed by atoms with Gasteiger partial charge < -0.3 is 10.1 Å². The predicted molar refractivity (Wildman–Crippen MR) is 83.7 cm³/mol. The topological polar surface area (TPSA) is 56.2 Å². The Morgan fingerprint density at radius 3 is 3.10 bits per heavy atom. The van der Waals surface area contributed by atoms with E-state index in [1.54, 1.807) is 13.2 Å². The van der Waals surface area contributed by atoms with Crippen molar-refractivity contribution in [2.75, 3.05) is 13.7 Å². The van der Waals surface area contributed by atoms with E-state index in [1.165, 1.54) is 4.68 Å². The molecule has 2 heterocycles. The maximum atomic E-state index is 12.2. The fraction of sp³-hybridized carbons (Fsp3) is 0.333. The van der Waals surface area contributed by atoms with Crippen molar-refractivity contribution >= 4 is 15.9 Å². The van der Waals surface area contributed by atoms with Crippen LogP contribution in [-0.2, 0) is 19.5 Å². The van der Waals surface area contributed by atoms with Gasteiger partial charge in [0.1, 0.15) is 5.75 Å². The Balaban J connectivity index is 1.96. The molecule has 1 aromatic heterocycles. The number of benzene rings is 1. The van der Waals surface area contributed by atoms with E-state index in [4.69, 9.17) is 4.74 Å². The molecule has 110 valence electrons. The average molecular weight is 350 g/mol. The second-order valence-corrected chi connectivity index (χ2v) is 5.85. The van der Waals surface area contributed by atoms with Gasteiger partial charge in [-0.05, 0) is 29.3 Å². The summed E-state index contributed by atoms with van der Waals surface area (Å²) in [6, 6.07) is 7.39. The molecule has 1 N–H and O–H groups in total. The molecule has 0 fully saturated rings. The fourth-order valence-corrected chi connectivity index (χ4v) is 2.81. The van der Waals surface area contributed by atoms with Crippen molar-refractivity contribution in [3.8, 4) is 5.75 Å². The summed E-state index contributed by atoms with van der Waals surface area (Å²) >= 11 is 3.51. The van der Waals surface area contributed by atoms with Gasteiger partial charge in [0.25, 0.3) is 5.56 Å². The van der Waals surface area contributed by atoms with Crippen LogP contribution in [0.4, 0.5) is 0 Å². The number of nitrogens with zero attached hydrogens (tertiary/aromatic N) is 2. The van der Waals surface area contributed by atoms with Gasteiger partial charge >= 0.3 is 0 Å². The SMILES string of the molecule is COc1ccc(Br)c(Cn2nc3c(cc2=O)CNCC3)c1. The van der Waals surface area contributed by atoms with Gasteiger partial charge in [-0.15, -0.1) is 0 Å². The molecule has 0 unspecified atom stereocenters. The fourth-order valence-electron chi connectivity index (χ4n) is 2.43. The summed E-state index contributed by atoms with van der Waals surface area (Å²) in [5.74, 6) is 0.767. The zero-order chi connectivity index (χ0) is 14.8. The molecule has 3 rings (SSSR count). The molecular formula is C15H16BrN3O2. The minimum Gasteiger partial charge on any atom is -0.497 e. The monoisotopic (exact) mass is 349 g/mol. The first-order valence-corrected chi connectivity index (χ1v) is 7.60. The molecule has 0 bridgehead atoms. The number of methoxy groups -OCH3 is 1. The summed E-state index contributed by atoms with van der Waals surface area (Å²) in [5, 5.41) is 7.76. The predicted octanol–water partition coefficient (Wildman–Crippen LogP) is 1.71. The summed E-state index contributed by atoms with van der Waals surface area (Å²) < 4.78 is 7.69. The Morgan fingerprint density at radius 1 is 1.43 bits per heavy atom. The van der Waals surface area contributed by atoms with E-state index in [0.29, 0.717) is 6.54 Å². The standard InChI is InChI=1S/C15H16BrN3O2/c1-21-12-2-3-13(16)11(6-12)9-19-15(20)7-10-8-17-5-4-14(10)18-19/h2-3,6-7,17H,4-5,8-9H2,1H3. The normalized spacial score (nSPS) is 13.8. The number of ether oxygens (including phenoxy) is 1. The molecule has 1 aromatic carbocycles. The van der Waals surface area contributed by atoms with Crippen LogP contribution >= 0.6 is 15.9 Å². The van der Waals surface area contributed by atoms with Crippen LogP contribution in [0.25, 0.3) is 0 Å². The lowest BCUT2D eigenvalue weighted by Crippen LogP contribution is -2.31. The third-order valence-corrected chi connectivity index (χ3v) is 4.36. The Kier molecular flexibility index (Phi) is 4.07. The molecule has 0 aliphatic carbocycles. The van der Waals surface area contributed by atoms with Crippen LogP contribution in [-0.4, -0.2) is 23.4 Å². The van der Waals surface area contributed by atoms with Crippen molar-refractivity contribution < 1.29 is 4.74 Å². The Hall–Kier alpha value is -1.66. The highest BCUT2D eigenvalue weighted by molar-refractivity contribution is 9.10. The molecule has 0 saturated heterocycles. The number of rotatable bonds is 3. The van der Waals surface area contributed by atoms with E-state index in [-0.39, 0.29) is 5.56 Å². The number of fused-ring (bicyclic) bond motifs is 1. The smallest absolute Gasteiger partial charge is 0.267 e. The van der Waals surface area contributed by atoms with Crippen molar-refractivity contribution in [1.29, 1.82) is 0 Å². The van der Waals surface area contributed by atoms with E-state index in [2.05, 4.69) is 26.3 Å². The summed E-state index contributed by atoms with van der Waals surface area (Å²) in [6.07, 6.45) is 0.856. The van der Waals surface area contributed by atoms with Crippen LogP contribution in [0.15, 0.2) is 33.5 Å². The second kappa shape index (κ2) is 5.99. The molecule has 5 nitrogen and oxygen atoms in total. The van der Waals surface area contributed by atoms with Gasteiger partial charge in [-0.25, -0.2) is 4.68 Å². The van der Waals surface area contributed by atoms with E-state index in [0.717, 1.165) is 46.6 Å². The molecular weight excluding hydrogens is 334 g/mol. The molecule has 0 radical (unpaired) electrons. The highest BCUT2D eigenvalue weighted by Crippen LogP contribution is 2.23. The number of nitrogens with one attached hydrogen (secondary N) is 1. The lowest BCUT2D eigenvalue weighted by molar-refractivity contribution is 0.413. The second-order valence-electron chi connectivity index (χ2n) is 5.00. The minimum atomic E-state index is -0.0767. The van der Waals surface area contributed by atoms with E-state index in [1.807, 2.05) is 18.2 Å². The quantitative estimate of drug-likeness (QED) is 0.916. The zero-order valence-corrected chi connectivity index (χ0v) is 13.3. The van der Waals surface area contributed by atoms with E-state index in [9.17, 15) is 4.79 Å². The maximum Gasteiger partial charge on any atom is 0.267 e. The summed E-state index contributed by atoms with van der Waals surface area (Å²) in [7, 11) is 1.63. The summed E-state index contributed by atoms with van der Waals surface area (Å²) in [4.78, 5) is 12.2. The summed E-state index contributed by atoms with van der Waals surface area (Å²) in [5.41, 5.74) is 2.91. The van der Waals surface area contributed by atoms with Crippen molar-refractivity contribution in [2.45, 2.75) is 19.5 Å². The number of hydrogen-bond acceptors (Lipinski definition) is 4. The molecule has 21 heavy (non-hydrogen) atoms. The molecule has 0 spiro atoms. The third kappa shape index (κ3) is 3.01. The van der Waals surface area contributed by atoms with Crippen LogP contribution < -0.4 is 15.6 Å².